The first kappa shape index (κ1) is 15.1. The molecule has 0 aliphatic carbocycles. The monoisotopic (exact) mass is 351 g/mol. The Morgan fingerprint density at radius 2 is 2.10 bits per heavy atom. The van der Waals surface area contributed by atoms with Crippen LogP contribution in [0.4, 0.5) is 11.4 Å². The van der Waals surface area contributed by atoms with Crippen molar-refractivity contribution < 1.29 is 15.8 Å². The molecule has 7 heteroatoms. The highest BCUT2D eigenvalue weighted by Crippen LogP contribution is 2.30. The molecule has 0 aromatic heterocycles. The fourth-order valence-electron chi connectivity index (χ4n) is 1.62. The third-order valence-electron chi connectivity index (χ3n) is 2.61. The lowest BCUT2D eigenvalue weighted by molar-refractivity contribution is -0.825. The van der Waals surface area contributed by atoms with Crippen molar-refractivity contribution >= 4 is 58.4 Å². The highest BCUT2D eigenvalue weighted by Gasteiger charge is 2.08. The molecule has 0 fully saturated rings. The van der Waals surface area contributed by atoms with Gasteiger partial charge in [0, 0.05) is 17.8 Å². The molecule has 100 valence electrons. The van der Waals surface area contributed by atoms with Crippen LogP contribution in [-0.2, 0) is 0 Å². The van der Waals surface area contributed by atoms with Crippen LogP contribution in [0.2, 0.25) is 5.02 Å². The van der Waals surface area contributed by atoms with Gasteiger partial charge in [0.2, 0.25) is 0 Å². The van der Waals surface area contributed by atoms with Crippen LogP contribution < -0.4 is 10.9 Å². The van der Waals surface area contributed by atoms with Gasteiger partial charge in [0.15, 0.2) is 5.69 Å². The zero-order valence-electron chi connectivity index (χ0n) is 10.2. The predicted molar refractivity (Wildman–Crippen MR) is 83.3 cm³/mol. The molecular weight excluding hydrogens is 342 g/mol. The number of aliphatic imine (C=N–C) groups is 1. The van der Waals surface area contributed by atoms with Gasteiger partial charge in [0.25, 0.3) is 0 Å². The summed E-state index contributed by atoms with van der Waals surface area (Å²) >= 11 is 9.28. The second-order valence-corrected chi connectivity index (χ2v) is 5.24. The average Bonchev–Trinajstić information content (AvgIpc) is 2.42. The Labute approximate surface area is 130 Å². The molecule has 0 spiro atoms. The van der Waals surface area contributed by atoms with Crippen molar-refractivity contribution in [2.24, 2.45) is 4.99 Å². The molecule has 2 aromatic rings. The van der Waals surface area contributed by atoms with Gasteiger partial charge in [-0.3, -0.25) is 4.99 Å². The van der Waals surface area contributed by atoms with Crippen LogP contribution in [-0.4, -0.2) is 24.4 Å². The topological polar surface area (TPSA) is 69.4 Å². The lowest BCUT2D eigenvalue weighted by atomic mass is 9.94. The van der Waals surface area contributed by atoms with E-state index in [-0.39, 0.29) is 5.75 Å². The van der Waals surface area contributed by atoms with E-state index in [2.05, 4.69) is 20.9 Å². The number of nitrogens with two attached hydrogens (primary N) is 1. The van der Waals surface area contributed by atoms with Crippen LogP contribution in [0.25, 0.3) is 0 Å². The second kappa shape index (κ2) is 6.41. The van der Waals surface area contributed by atoms with Crippen LogP contribution in [0.15, 0.2) is 39.8 Å². The largest absolute Gasteiger partial charge is 0.506 e. The molecule has 2 aromatic carbocycles. The molecule has 2 rings (SSSR count). The van der Waals surface area contributed by atoms with Crippen LogP contribution in [0, 0.1) is 0 Å². The first-order valence-electron chi connectivity index (χ1n) is 5.61. The number of aromatic hydroxyl groups is 1. The first-order valence-corrected chi connectivity index (χ1v) is 6.78. The van der Waals surface area contributed by atoms with Crippen LogP contribution >= 0.6 is 27.5 Å². The summed E-state index contributed by atoms with van der Waals surface area (Å²) in [5, 5.41) is 19.2. The van der Waals surface area contributed by atoms with Crippen molar-refractivity contribution in [3.8, 4) is 5.75 Å². The lowest BCUT2D eigenvalue weighted by Crippen LogP contribution is -2.73. The van der Waals surface area contributed by atoms with E-state index in [1.807, 2.05) is 0 Å². The van der Waals surface area contributed by atoms with E-state index in [1.165, 1.54) is 6.21 Å². The molecule has 0 heterocycles. The molecule has 20 heavy (non-hydrogen) atoms. The van der Waals surface area contributed by atoms with Crippen molar-refractivity contribution in [2.45, 2.75) is 0 Å². The molecule has 0 unspecified atom stereocenters. The summed E-state index contributed by atoms with van der Waals surface area (Å²) in [6.45, 7) is 0. The summed E-state index contributed by atoms with van der Waals surface area (Å²) in [7, 11) is 5.71. The fraction of sp³-hybridized carbons (Fsp3) is 0. The summed E-state index contributed by atoms with van der Waals surface area (Å²) < 4.78 is 0.488. The van der Waals surface area contributed by atoms with E-state index >= 15 is 0 Å². The van der Waals surface area contributed by atoms with Gasteiger partial charge in [-0.1, -0.05) is 35.3 Å². The third kappa shape index (κ3) is 3.21. The van der Waals surface area contributed by atoms with Crippen LogP contribution in [0.1, 0.15) is 5.56 Å². The minimum Gasteiger partial charge on any atom is -0.506 e. The molecular formula is C13H10BBrClN2O2+. The number of hydrogen-bond donors (Lipinski definition) is 3. The molecule has 0 aliphatic rings. The summed E-state index contributed by atoms with van der Waals surface area (Å²) in [6.07, 6.45) is 1.46. The molecule has 0 amide bonds. The first-order chi connectivity index (χ1) is 9.52. The maximum absolute atomic E-state index is 9.90. The zero-order valence-corrected chi connectivity index (χ0v) is 12.6. The van der Waals surface area contributed by atoms with Crippen molar-refractivity contribution in [1.29, 1.82) is 0 Å². The number of benzene rings is 2. The number of halogens is 2. The van der Waals surface area contributed by atoms with Crippen molar-refractivity contribution in [3.63, 3.8) is 0 Å². The fourth-order valence-corrected chi connectivity index (χ4v) is 2.33. The van der Waals surface area contributed by atoms with Gasteiger partial charge < -0.3 is 5.11 Å². The summed E-state index contributed by atoms with van der Waals surface area (Å²) in [5.41, 5.74) is 2.83. The summed E-state index contributed by atoms with van der Waals surface area (Å²) in [5.74, 6) is 0.0453. The molecule has 0 saturated heterocycles. The number of hydrogen-bond acceptors (Lipinski definition) is 3. The normalized spacial score (nSPS) is 11.2. The quantitative estimate of drug-likeness (QED) is 0.342. The Balaban J connectivity index is 2.40. The maximum atomic E-state index is 9.90. The van der Waals surface area contributed by atoms with Gasteiger partial charge in [-0.15, -0.1) is 0 Å². The summed E-state index contributed by atoms with van der Waals surface area (Å²) in [6, 6.07) is 8.27. The van der Waals surface area contributed by atoms with Gasteiger partial charge in [0.05, 0.1) is 10.2 Å². The van der Waals surface area contributed by atoms with E-state index in [1.54, 1.807) is 30.3 Å². The molecule has 4 nitrogen and oxygen atoms in total. The van der Waals surface area contributed by atoms with Gasteiger partial charge >= 0.3 is 0 Å². The standard InChI is InChI=1S/C13H9BBrClN2O2/c14-8-4-7(13(19)9(15)5-8)6-17-10-2-1-3-11(18-20)12(10)16/h1-6,18-20H/p+1. The number of phenolic OH excluding ortho intramolecular Hbond substituents is 1. The Bertz CT molecular complexity index is 680. The van der Waals surface area contributed by atoms with Crippen LogP contribution in [0.5, 0.6) is 5.75 Å². The van der Waals surface area contributed by atoms with Crippen molar-refractivity contribution in [3.05, 3.63) is 45.4 Å². The molecule has 0 atom stereocenters. The van der Waals surface area contributed by atoms with Crippen LogP contribution in [0.3, 0.4) is 0 Å². The molecule has 2 radical (unpaired) electrons. The number of rotatable bonds is 3. The minimum atomic E-state index is 0.0453. The van der Waals surface area contributed by atoms with E-state index in [0.717, 1.165) is 5.48 Å². The molecule has 4 N–H and O–H groups in total. The van der Waals surface area contributed by atoms with E-state index in [9.17, 15) is 5.11 Å². The smallest absolute Gasteiger partial charge is 0.182 e. The average molecular weight is 352 g/mol. The Morgan fingerprint density at radius 1 is 1.35 bits per heavy atom. The Morgan fingerprint density at radius 3 is 2.80 bits per heavy atom. The number of phenols is 1. The van der Waals surface area contributed by atoms with E-state index < -0.39 is 0 Å². The SMILES string of the molecule is [B]c1cc(Br)c(O)c(C=Nc2cccc([NH2+]O)c2Cl)c1. The predicted octanol–water partition coefficient (Wildman–Crippen LogP) is 1.94. The highest BCUT2D eigenvalue weighted by atomic mass is 79.9. The molecule has 0 aliphatic heterocycles. The van der Waals surface area contributed by atoms with Crippen molar-refractivity contribution in [1.82, 2.24) is 0 Å². The lowest BCUT2D eigenvalue weighted by Gasteiger charge is -2.04. The molecule has 0 bridgehead atoms. The van der Waals surface area contributed by atoms with Crippen molar-refractivity contribution in [2.75, 3.05) is 0 Å². The van der Waals surface area contributed by atoms with E-state index in [0.29, 0.717) is 31.9 Å². The Kier molecular flexibility index (Phi) is 4.83. The number of quaternary nitrogens is 1. The maximum Gasteiger partial charge on any atom is 0.182 e. The van der Waals surface area contributed by atoms with Gasteiger partial charge in [0.1, 0.15) is 18.6 Å². The minimum absolute atomic E-state index is 0.0453. The highest BCUT2D eigenvalue weighted by molar-refractivity contribution is 9.10. The zero-order chi connectivity index (χ0) is 14.7. The van der Waals surface area contributed by atoms with Gasteiger partial charge in [-0.05, 0) is 22.0 Å². The van der Waals surface area contributed by atoms with E-state index in [4.69, 9.17) is 24.7 Å². The van der Waals surface area contributed by atoms with Gasteiger partial charge in [-0.2, -0.15) is 5.48 Å². The molecule has 0 saturated carbocycles. The number of nitrogens with zero attached hydrogens (tertiary/aromatic N) is 1. The van der Waals surface area contributed by atoms with Gasteiger partial charge in [-0.25, -0.2) is 5.21 Å². The summed E-state index contributed by atoms with van der Waals surface area (Å²) in [4.78, 5) is 4.20. The third-order valence-corrected chi connectivity index (χ3v) is 3.62. The Hall–Kier alpha value is -1.34. The second-order valence-electron chi connectivity index (χ2n) is 4.01.